The molecular formula is C13H12ClF4NO. The standard InChI is InChI=1S/C13H12ClF4NO/c14-9-3-1-8(2-4-9)7-19(10-5-6-10)12(20)13(17,18)11(15)16/h1-4,10-11H,5-7H2. The van der Waals surface area contributed by atoms with Crippen LogP contribution in [0.25, 0.3) is 0 Å². The molecule has 20 heavy (non-hydrogen) atoms. The lowest BCUT2D eigenvalue weighted by atomic mass is 10.2. The molecule has 0 aromatic heterocycles. The predicted molar refractivity (Wildman–Crippen MR) is 66.0 cm³/mol. The van der Waals surface area contributed by atoms with E-state index < -0.39 is 18.3 Å². The van der Waals surface area contributed by atoms with Gasteiger partial charge >= 0.3 is 12.3 Å². The summed E-state index contributed by atoms with van der Waals surface area (Å²) in [4.78, 5) is 12.5. The van der Waals surface area contributed by atoms with Gasteiger partial charge in [0, 0.05) is 17.6 Å². The summed E-state index contributed by atoms with van der Waals surface area (Å²) in [5, 5.41) is 0.468. The Kier molecular flexibility index (Phi) is 4.22. The minimum absolute atomic E-state index is 0.122. The van der Waals surface area contributed by atoms with Crippen LogP contribution in [-0.4, -0.2) is 29.2 Å². The Bertz CT molecular complexity index is 488. The number of halogens is 5. The van der Waals surface area contributed by atoms with Crippen LogP contribution in [-0.2, 0) is 11.3 Å². The molecule has 7 heteroatoms. The van der Waals surface area contributed by atoms with Gasteiger partial charge < -0.3 is 4.90 Å². The summed E-state index contributed by atoms with van der Waals surface area (Å²) < 4.78 is 50.9. The number of amides is 1. The van der Waals surface area contributed by atoms with Crippen molar-refractivity contribution in [1.82, 2.24) is 4.90 Å². The third-order valence-electron chi connectivity index (χ3n) is 3.07. The van der Waals surface area contributed by atoms with Gasteiger partial charge in [0.1, 0.15) is 0 Å². The minimum atomic E-state index is -4.64. The Labute approximate surface area is 118 Å². The Morgan fingerprint density at radius 2 is 1.85 bits per heavy atom. The maximum absolute atomic E-state index is 13.2. The fourth-order valence-electron chi connectivity index (χ4n) is 1.82. The molecule has 0 saturated heterocycles. The van der Waals surface area contributed by atoms with Gasteiger partial charge in [-0.1, -0.05) is 23.7 Å². The average Bonchev–Trinajstić information content (AvgIpc) is 3.21. The first-order chi connectivity index (χ1) is 9.32. The number of alkyl halides is 4. The van der Waals surface area contributed by atoms with Crippen LogP contribution >= 0.6 is 11.6 Å². The molecule has 1 aliphatic carbocycles. The summed E-state index contributed by atoms with van der Waals surface area (Å²) in [6, 6.07) is 5.87. The summed E-state index contributed by atoms with van der Waals surface area (Å²) in [5.41, 5.74) is 0.569. The fraction of sp³-hybridized carbons (Fsp3) is 0.462. The van der Waals surface area contributed by atoms with Crippen molar-refractivity contribution in [2.45, 2.75) is 37.8 Å². The van der Waals surface area contributed by atoms with E-state index in [0.29, 0.717) is 23.4 Å². The van der Waals surface area contributed by atoms with Crippen molar-refractivity contribution in [3.8, 4) is 0 Å². The van der Waals surface area contributed by atoms with Gasteiger partial charge in [-0.3, -0.25) is 4.79 Å². The number of rotatable bonds is 5. The first-order valence-electron chi connectivity index (χ1n) is 6.04. The molecule has 0 radical (unpaired) electrons. The molecule has 0 bridgehead atoms. The topological polar surface area (TPSA) is 20.3 Å². The predicted octanol–water partition coefficient (Wildman–Crippen LogP) is 3.73. The number of hydrogen-bond acceptors (Lipinski definition) is 1. The van der Waals surface area contributed by atoms with E-state index >= 15 is 0 Å². The zero-order chi connectivity index (χ0) is 14.9. The van der Waals surface area contributed by atoms with Crippen molar-refractivity contribution in [1.29, 1.82) is 0 Å². The highest BCUT2D eigenvalue weighted by Crippen LogP contribution is 2.34. The van der Waals surface area contributed by atoms with E-state index in [4.69, 9.17) is 11.6 Å². The highest BCUT2D eigenvalue weighted by molar-refractivity contribution is 6.30. The number of hydrogen-bond donors (Lipinski definition) is 0. The van der Waals surface area contributed by atoms with E-state index in [-0.39, 0.29) is 12.6 Å². The SMILES string of the molecule is O=C(N(Cc1ccc(Cl)cc1)C1CC1)C(F)(F)C(F)F. The summed E-state index contributed by atoms with van der Waals surface area (Å²) in [6.07, 6.45) is -2.89. The van der Waals surface area contributed by atoms with Gasteiger partial charge in [-0.2, -0.15) is 8.78 Å². The van der Waals surface area contributed by atoms with E-state index in [1.807, 2.05) is 0 Å². The van der Waals surface area contributed by atoms with E-state index in [1.54, 1.807) is 24.3 Å². The summed E-state index contributed by atoms with van der Waals surface area (Å²) in [6.45, 7) is -0.122. The first-order valence-corrected chi connectivity index (χ1v) is 6.41. The van der Waals surface area contributed by atoms with Crippen LogP contribution < -0.4 is 0 Å². The first kappa shape index (κ1) is 15.1. The maximum Gasteiger partial charge on any atom is 0.383 e. The molecule has 0 N–H and O–H groups in total. The highest BCUT2D eigenvalue weighted by atomic mass is 35.5. The second-order valence-electron chi connectivity index (χ2n) is 4.71. The summed E-state index contributed by atoms with van der Waals surface area (Å²) >= 11 is 5.70. The molecule has 1 aliphatic rings. The van der Waals surface area contributed by atoms with Gasteiger partial charge in [-0.15, -0.1) is 0 Å². The summed E-state index contributed by atoms with van der Waals surface area (Å²) in [7, 11) is 0. The zero-order valence-corrected chi connectivity index (χ0v) is 11.1. The molecule has 2 nitrogen and oxygen atoms in total. The van der Waals surface area contributed by atoms with E-state index in [0.717, 1.165) is 4.90 Å². The third kappa shape index (κ3) is 3.23. The van der Waals surface area contributed by atoms with Gasteiger partial charge in [-0.25, -0.2) is 8.78 Å². The fourth-order valence-corrected chi connectivity index (χ4v) is 1.95. The lowest BCUT2D eigenvalue weighted by Crippen LogP contribution is -2.48. The van der Waals surface area contributed by atoms with Crippen molar-refractivity contribution < 1.29 is 22.4 Å². The smallest absolute Gasteiger partial charge is 0.330 e. The second-order valence-corrected chi connectivity index (χ2v) is 5.15. The van der Waals surface area contributed by atoms with Crippen LogP contribution in [0.15, 0.2) is 24.3 Å². The number of carbonyl (C=O) groups is 1. The molecule has 0 aliphatic heterocycles. The van der Waals surface area contributed by atoms with Crippen molar-refractivity contribution in [3.05, 3.63) is 34.9 Å². The Hall–Kier alpha value is -1.30. The van der Waals surface area contributed by atoms with Gasteiger partial charge in [0.05, 0.1) is 0 Å². The second kappa shape index (κ2) is 5.60. The zero-order valence-electron chi connectivity index (χ0n) is 10.3. The molecule has 1 fully saturated rings. The van der Waals surface area contributed by atoms with Crippen LogP contribution in [0.3, 0.4) is 0 Å². The van der Waals surface area contributed by atoms with Crippen LogP contribution in [0.2, 0.25) is 5.02 Å². The molecule has 0 heterocycles. The molecule has 1 aromatic rings. The normalized spacial score (nSPS) is 15.5. The lowest BCUT2D eigenvalue weighted by Gasteiger charge is -2.26. The van der Waals surface area contributed by atoms with E-state index in [2.05, 4.69) is 0 Å². The van der Waals surface area contributed by atoms with Crippen LogP contribution in [0, 0.1) is 0 Å². The van der Waals surface area contributed by atoms with Gasteiger partial charge in [-0.05, 0) is 30.5 Å². The maximum atomic E-state index is 13.2. The van der Waals surface area contributed by atoms with Crippen LogP contribution in [0.1, 0.15) is 18.4 Å². The number of carbonyl (C=O) groups excluding carboxylic acids is 1. The number of benzene rings is 1. The van der Waals surface area contributed by atoms with Crippen molar-refractivity contribution in [2.24, 2.45) is 0 Å². The molecule has 0 spiro atoms. The molecule has 1 amide bonds. The Morgan fingerprint density at radius 3 is 2.30 bits per heavy atom. The highest BCUT2D eigenvalue weighted by Gasteiger charge is 2.53. The Balaban J connectivity index is 2.15. The van der Waals surface area contributed by atoms with Crippen LogP contribution in [0.5, 0.6) is 0 Å². The van der Waals surface area contributed by atoms with Crippen molar-refractivity contribution in [3.63, 3.8) is 0 Å². The lowest BCUT2D eigenvalue weighted by molar-refractivity contribution is -0.181. The minimum Gasteiger partial charge on any atom is -0.330 e. The molecule has 2 rings (SSSR count). The molecule has 110 valence electrons. The van der Waals surface area contributed by atoms with E-state index in [1.165, 1.54) is 0 Å². The largest absolute Gasteiger partial charge is 0.383 e. The molecule has 1 aromatic carbocycles. The number of nitrogens with zero attached hydrogens (tertiary/aromatic N) is 1. The summed E-state index contributed by atoms with van der Waals surface area (Å²) in [5.74, 6) is -6.46. The van der Waals surface area contributed by atoms with Gasteiger partial charge in [0.25, 0.3) is 5.91 Å². The van der Waals surface area contributed by atoms with E-state index in [9.17, 15) is 22.4 Å². The molecule has 0 atom stereocenters. The van der Waals surface area contributed by atoms with Gasteiger partial charge in [0.2, 0.25) is 0 Å². The van der Waals surface area contributed by atoms with Gasteiger partial charge in [0.15, 0.2) is 0 Å². The van der Waals surface area contributed by atoms with Crippen molar-refractivity contribution >= 4 is 17.5 Å². The molecule has 1 saturated carbocycles. The van der Waals surface area contributed by atoms with Crippen molar-refractivity contribution in [2.75, 3.05) is 0 Å². The Morgan fingerprint density at radius 1 is 1.30 bits per heavy atom. The van der Waals surface area contributed by atoms with Crippen LogP contribution in [0.4, 0.5) is 17.6 Å². The average molecular weight is 310 g/mol. The monoisotopic (exact) mass is 309 g/mol. The third-order valence-corrected chi connectivity index (χ3v) is 3.33. The molecule has 0 unspecified atom stereocenters. The molecular weight excluding hydrogens is 298 g/mol. The quantitative estimate of drug-likeness (QED) is 0.759.